The van der Waals surface area contributed by atoms with Crippen LogP contribution < -0.4 is 15.0 Å². The van der Waals surface area contributed by atoms with Crippen LogP contribution >= 0.6 is 11.6 Å². The van der Waals surface area contributed by atoms with Crippen LogP contribution in [0, 0.1) is 12.8 Å². The average Bonchev–Trinajstić information content (AvgIpc) is 3.49. The van der Waals surface area contributed by atoms with Gasteiger partial charge in [0.15, 0.2) is 11.6 Å². The highest BCUT2D eigenvalue weighted by molar-refractivity contribution is 6.30. The average molecular weight is 575 g/mol. The van der Waals surface area contributed by atoms with Gasteiger partial charge in [0, 0.05) is 27.5 Å². The molecule has 4 aromatic rings. The maximum absolute atomic E-state index is 14.8. The molecule has 3 aliphatic rings. The first kappa shape index (κ1) is 26.2. The number of hydrogen-bond acceptors (Lipinski definition) is 5. The predicted molar refractivity (Wildman–Crippen MR) is 164 cm³/mol. The number of amides is 1. The molecule has 4 atom stereocenters. The number of nitrogens with one attached hydrogen (secondary N) is 1. The molecule has 1 amide bonds. The summed E-state index contributed by atoms with van der Waals surface area (Å²) in [7, 11) is 1.56. The zero-order valence-electron chi connectivity index (χ0n) is 23.0. The lowest BCUT2D eigenvalue weighted by Crippen LogP contribution is -2.51. The van der Waals surface area contributed by atoms with Crippen LogP contribution in [0.25, 0.3) is 6.08 Å². The van der Waals surface area contributed by atoms with Crippen molar-refractivity contribution in [1.29, 1.82) is 0 Å². The number of rotatable bonds is 5. The number of hydrogen-bond donors (Lipinski definition) is 1. The van der Waals surface area contributed by atoms with Gasteiger partial charge in [-0.25, -0.2) is 0 Å². The Kier molecular flexibility index (Phi) is 6.06. The summed E-state index contributed by atoms with van der Waals surface area (Å²) >= 11 is 6.18. The van der Waals surface area contributed by atoms with E-state index >= 15 is 0 Å². The fourth-order valence-electron chi connectivity index (χ4n) is 7.02. The molecule has 4 aromatic carbocycles. The van der Waals surface area contributed by atoms with Crippen LogP contribution in [0.4, 0.5) is 11.4 Å². The number of carbonyl (C=O) groups excluding carboxylic acids is 3. The number of halogens is 1. The second-order valence-corrected chi connectivity index (χ2v) is 11.5. The SMILES string of the molecule is COc1ccc(C(=O)[C@@H]2[C@H](C(=O)c3ccc(Cl)cc3)N3c4ccc(C)cc4C=C[C@H]3[C@]23C(=O)Nc2ccccc23)cc1. The summed E-state index contributed by atoms with van der Waals surface area (Å²) in [5.74, 6) is -1.26. The van der Waals surface area contributed by atoms with Crippen LogP contribution in [0.1, 0.15) is 37.4 Å². The number of fused-ring (bicyclic) bond motifs is 6. The normalized spacial score (nSPS) is 23.3. The maximum Gasteiger partial charge on any atom is 0.238 e. The number of ether oxygens (including phenoxy) is 1. The Morgan fingerprint density at radius 2 is 1.60 bits per heavy atom. The molecule has 1 N–H and O–H groups in total. The number of Topliss-reactive ketones (excluding diaryl/α,β-unsaturated/α-hetero) is 2. The molecule has 3 aliphatic heterocycles. The topological polar surface area (TPSA) is 75.7 Å². The molecule has 0 radical (unpaired) electrons. The van der Waals surface area contributed by atoms with E-state index in [2.05, 4.69) is 11.4 Å². The molecule has 1 spiro atoms. The minimum atomic E-state index is -1.36. The second kappa shape index (κ2) is 9.71. The van der Waals surface area contributed by atoms with Crippen molar-refractivity contribution < 1.29 is 19.1 Å². The minimum Gasteiger partial charge on any atom is -0.497 e. The van der Waals surface area contributed by atoms with Gasteiger partial charge in [0.05, 0.1) is 19.1 Å². The summed E-state index contributed by atoms with van der Waals surface area (Å²) in [4.78, 5) is 45.9. The van der Waals surface area contributed by atoms with E-state index in [1.54, 1.807) is 55.6 Å². The van der Waals surface area contributed by atoms with Gasteiger partial charge in [-0.3, -0.25) is 14.4 Å². The van der Waals surface area contributed by atoms with E-state index in [0.717, 1.165) is 16.8 Å². The van der Waals surface area contributed by atoms with Crippen molar-refractivity contribution in [2.45, 2.75) is 24.4 Å². The Labute approximate surface area is 248 Å². The number of ketones is 2. The van der Waals surface area contributed by atoms with Crippen molar-refractivity contribution in [3.63, 3.8) is 0 Å². The van der Waals surface area contributed by atoms with Crippen LogP contribution in [0.15, 0.2) is 97.1 Å². The van der Waals surface area contributed by atoms with E-state index in [1.165, 1.54) is 0 Å². The molecule has 42 heavy (non-hydrogen) atoms. The third-order valence-corrected chi connectivity index (χ3v) is 9.09. The van der Waals surface area contributed by atoms with Crippen LogP contribution in [0.3, 0.4) is 0 Å². The summed E-state index contributed by atoms with van der Waals surface area (Å²) in [5.41, 5.74) is 3.63. The molecule has 1 saturated heterocycles. The predicted octanol–water partition coefficient (Wildman–Crippen LogP) is 6.51. The maximum atomic E-state index is 14.8. The summed E-state index contributed by atoms with van der Waals surface area (Å²) in [6.45, 7) is 2.01. The summed E-state index contributed by atoms with van der Waals surface area (Å²) in [6, 6.07) is 25.5. The smallest absolute Gasteiger partial charge is 0.238 e. The summed E-state index contributed by atoms with van der Waals surface area (Å²) in [5, 5.41) is 3.56. The van der Waals surface area contributed by atoms with Gasteiger partial charge in [-0.2, -0.15) is 0 Å². The first-order chi connectivity index (χ1) is 20.3. The van der Waals surface area contributed by atoms with Crippen molar-refractivity contribution in [2.24, 2.45) is 5.92 Å². The van der Waals surface area contributed by atoms with Crippen LogP contribution in [-0.4, -0.2) is 36.7 Å². The van der Waals surface area contributed by atoms with Crippen molar-refractivity contribution in [3.05, 3.63) is 130 Å². The second-order valence-electron chi connectivity index (χ2n) is 11.0. The number of aryl methyl sites for hydroxylation is 1. The molecule has 7 heteroatoms. The van der Waals surface area contributed by atoms with E-state index < -0.39 is 23.4 Å². The number of methoxy groups -OCH3 is 1. The molecule has 0 bridgehead atoms. The largest absolute Gasteiger partial charge is 0.497 e. The molecule has 0 unspecified atom stereocenters. The number of nitrogens with zero attached hydrogens (tertiary/aromatic N) is 1. The number of carbonyl (C=O) groups is 3. The van der Waals surface area contributed by atoms with Gasteiger partial charge in [-0.05, 0) is 84.8 Å². The molecule has 0 aromatic heterocycles. The van der Waals surface area contributed by atoms with Gasteiger partial charge in [-0.1, -0.05) is 53.6 Å². The fraction of sp³-hybridized carbons (Fsp3) is 0.171. The molecular formula is C35H27ClN2O4. The molecule has 6 nitrogen and oxygen atoms in total. The lowest BCUT2D eigenvalue weighted by atomic mass is 9.64. The van der Waals surface area contributed by atoms with E-state index in [4.69, 9.17) is 16.3 Å². The van der Waals surface area contributed by atoms with Crippen LogP contribution in [0.2, 0.25) is 5.02 Å². The Morgan fingerprint density at radius 3 is 2.33 bits per heavy atom. The van der Waals surface area contributed by atoms with Crippen molar-refractivity contribution >= 4 is 46.5 Å². The Bertz CT molecular complexity index is 1800. The highest BCUT2D eigenvalue weighted by atomic mass is 35.5. The zero-order chi connectivity index (χ0) is 29.2. The van der Waals surface area contributed by atoms with Crippen molar-refractivity contribution in [2.75, 3.05) is 17.3 Å². The minimum absolute atomic E-state index is 0.251. The molecule has 1 fully saturated rings. The fourth-order valence-corrected chi connectivity index (χ4v) is 7.14. The van der Waals surface area contributed by atoms with Gasteiger partial charge >= 0.3 is 0 Å². The van der Waals surface area contributed by atoms with E-state index in [1.807, 2.05) is 60.4 Å². The van der Waals surface area contributed by atoms with Gasteiger partial charge in [0.2, 0.25) is 5.91 Å². The zero-order valence-corrected chi connectivity index (χ0v) is 23.8. The molecule has 0 saturated carbocycles. The number of anilines is 2. The first-order valence-electron chi connectivity index (χ1n) is 13.8. The Balaban J connectivity index is 1.52. The lowest BCUT2D eigenvalue weighted by molar-refractivity contribution is -0.121. The highest BCUT2D eigenvalue weighted by Crippen LogP contribution is 2.58. The van der Waals surface area contributed by atoms with E-state index in [9.17, 15) is 14.4 Å². The monoisotopic (exact) mass is 574 g/mol. The molecule has 3 heterocycles. The van der Waals surface area contributed by atoms with Gasteiger partial charge < -0.3 is 15.0 Å². The summed E-state index contributed by atoms with van der Waals surface area (Å²) < 4.78 is 5.33. The lowest BCUT2D eigenvalue weighted by Gasteiger charge is -2.37. The standard InChI is InChI=1S/C35H27ClN2O4/c1-20-7-17-28-23(19-20)12-18-29-35(26-5-3-4-6-27(26)37-34(35)41)30(32(39)21-10-15-25(42-2)16-11-21)31(38(28)29)33(40)22-8-13-24(36)14-9-22/h3-19,29-31H,1-2H3,(H,37,41)/t29-,30-,31+,35-/m0/s1. The Morgan fingerprint density at radius 1 is 0.905 bits per heavy atom. The van der Waals surface area contributed by atoms with Crippen LogP contribution in [-0.2, 0) is 10.2 Å². The quantitative estimate of drug-likeness (QED) is 0.275. The van der Waals surface area contributed by atoms with Crippen LogP contribution in [0.5, 0.6) is 5.75 Å². The molecular weight excluding hydrogens is 548 g/mol. The molecule has 0 aliphatic carbocycles. The van der Waals surface area contributed by atoms with Gasteiger partial charge in [0.1, 0.15) is 17.2 Å². The summed E-state index contributed by atoms with van der Waals surface area (Å²) in [6.07, 6.45) is 3.98. The first-order valence-corrected chi connectivity index (χ1v) is 14.2. The number of benzene rings is 4. The molecule has 7 rings (SSSR count). The molecule has 208 valence electrons. The third kappa shape index (κ3) is 3.68. The number of para-hydroxylation sites is 1. The van der Waals surface area contributed by atoms with Gasteiger partial charge in [0.25, 0.3) is 0 Å². The van der Waals surface area contributed by atoms with Crippen molar-refractivity contribution in [1.82, 2.24) is 0 Å². The van der Waals surface area contributed by atoms with E-state index in [0.29, 0.717) is 33.1 Å². The van der Waals surface area contributed by atoms with Crippen molar-refractivity contribution in [3.8, 4) is 5.75 Å². The highest BCUT2D eigenvalue weighted by Gasteiger charge is 2.70. The van der Waals surface area contributed by atoms with E-state index in [-0.39, 0.29) is 17.5 Å². The van der Waals surface area contributed by atoms with Gasteiger partial charge in [-0.15, -0.1) is 0 Å². The third-order valence-electron chi connectivity index (χ3n) is 8.84. The Hall–Kier alpha value is -4.68.